The van der Waals surface area contributed by atoms with Crippen molar-refractivity contribution >= 4 is 22.6 Å². The first-order chi connectivity index (χ1) is 12.2. The summed E-state index contributed by atoms with van der Waals surface area (Å²) < 4.78 is 18.7. The molecule has 2 bridgehead atoms. The summed E-state index contributed by atoms with van der Waals surface area (Å²) in [5.74, 6) is -0.762. The molecule has 26 heavy (non-hydrogen) atoms. The van der Waals surface area contributed by atoms with Crippen LogP contribution in [0, 0.1) is 28.6 Å². The first kappa shape index (κ1) is 18.3. The Hall–Kier alpha value is -1.05. The Kier molecular flexibility index (Phi) is 4.21. The highest BCUT2D eigenvalue weighted by Crippen LogP contribution is 2.66. The Labute approximate surface area is 156 Å². The van der Waals surface area contributed by atoms with Crippen molar-refractivity contribution in [3.8, 4) is 0 Å². The molecule has 7 atom stereocenters. The minimum atomic E-state index is -1.30. The second kappa shape index (κ2) is 5.97. The molecule has 1 heterocycles. The molecule has 6 nitrogen and oxygen atoms in total. The quantitative estimate of drug-likeness (QED) is 0.712. The lowest BCUT2D eigenvalue weighted by atomic mass is 9.70. The summed E-state index contributed by atoms with van der Waals surface area (Å²) in [6.45, 7) is 4.37. The smallest absolute Gasteiger partial charge is 0.233 e. The molecule has 144 valence electrons. The van der Waals surface area contributed by atoms with Crippen molar-refractivity contribution in [1.82, 2.24) is 5.32 Å². The highest BCUT2D eigenvalue weighted by atomic mass is 32.2. The highest BCUT2D eigenvalue weighted by Gasteiger charge is 2.64. The van der Waals surface area contributed by atoms with E-state index in [1.165, 1.54) is 7.11 Å². The van der Waals surface area contributed by atoms with Crippen LogP contribution in [0.3, 0.4) is 0 Å². The number of methoxy groups -OCH3 is 1. The van der Waals surface area contributed by atoms with Gasteiger partial charge in [-0.05, 0) is 43.1 Å². The standard InChI is InChI=1S/C19H27NO5S/c1-18(2)10-4-5-19(18,14(21)6-10)9-26(24)11-7-12-15(13(8-11)25-3)17(23)20-16(12)22/h8,10,12-15,21H,4-7,9H2,1-3H3,(H,20,22,23)/t10-,12-,13+,14-,15-,19-,26?/m1/s1. The fraction of sp³-hybridized carbons (Fsp3) is 0.789. The summed E-state index contributed by atoms with van der Waals surface area (Å²) in [4.78, 5) is 24.8. The molecule has 7 heteroatoms. The maximum absolute atomic E-state index is 13.3. The van der Waals surface area contributed by atoms with Crippen molar-refractivity contribution in [1.29, 1.82) is 0 Å². The van der Waals surface area contributed by atoms with Crippen LogP contribution < -0.4 is 5.32 Å². The molecule has 2 amide bonds. The van der Waals surface area contributed by atoms with Gasteiger partial charge in [-0.1, -0.05) is 13.8 Å². The van der Waals surface area contributed by atoms with Crippen LogP contribution in [0.25, 0.3) is 0 Å². The van der Waals surface area contributed by atoms with E-state index in [4.69, 9.17) is 4.74 Å². The van der Waals surface area contributed by atoms with Crippen molar-refractivity contribution in [2.45, 2.75) is 51.7 Å². The van der Waals surface area contributed by atoms with Gasteiger partial charge in [-0.15, -0.1) is 0 Å². The molecule has 0 spiro atoms. The Morgan fingerprint density at radius 2 is 2.08 bits per heavy atom. The summed E-state index contributed by atoms with van der Waals surface area (Å²) in [7, 11) is 0.200. The molecule has 0 radical (unpaired) electrons. The van der Waals surface area contributed by atoms with Crippen LogP contribution in [-0.4, -0.2) is 46.2 Å². The number of ether oxygens (including phenoxy) is 1. The van der Waals surface area contributed by atoms with Crippen molar-refractivity contribution in [2.75, 3.05) is 12.9 Å². The average molecular weight is 381 g/mol. The lowest BCUT2D eigenvalue weighted by Gasteiger charge is -2.40. The van der Waals surface area contributed by atoms with Crippen LogP contribution in [0.4, 0.5) is 0 Å². The molecule has 3 aliphatic carbocycles. The topological polar surface area (TPSA) is 92.7 Å². The van der Waals surface area contributed by atoms with E-state index < -0.39 is 34.8 Å². The predicted molar refractivity (Wildman–Crippen MR) is 96.2 cm³/mol. The Morgan fingerprint density at radius 1 is 1.35 bits per heavy atom. The fourth-order valence-corrected chi connectivity index (χ4v) is 7.92. The van der Waals surface area contributed by atoms with Gasteiger partial charge in [0.15, 0.2) is 0 Å². The zero-order valence-electron chi connectivity index (χ0n) is 15.5. The number of aliphatic hydroxyl groups is 1. The van der Waals surface area contributed by atoms with E-state index in [-0.39, 0.29) is 22.6 Å². The zero-order chi connectivity index (χ0) is 18.9. The van der Waals surface area contributed by atoms with E-state index in [2.05, 4.69) is 19.2 Å². The van der Waals surface area contributed by atoms with E-state index in [0.29, 0.717) is 23.0 Å². The van der Waals surface area contributed by atoms with Crippen LogP contribution in [0.1, 0.15) is 39.5 Å². The average Bonchev–Trinajstić information content (AvgIpc) is 3.08. The molecular weight excluding hydrogens is 354 g/mol. The van der Waals surface area contributed by atoms with Gasteiger partial charge < -0.3 is 9.84 Å². The second-order valence-corrected chi connectivity index (χ2v) is 10.4. The molecule has 2 N–H and O–H groups in total. The summed E-state index contributed by atoms with van der Waals surface area (Å²) in [5, 5.41) is 13.1. The molecule has 1 saturated heterocycles. The van der Waals surface area contributed by atoms with Gasteiger partial charge >= 0.3 is 0 Å². The van der Waals surface area contributed by atoms with Crippen LogP contribution in [-0.2, 0) is 25.1 Å². The monoisotopic (exact) mass is 381 g/mol. The van der Waals surface area contributed by atoms with E-state index in [9.17, 15) is 18.9 Å². The number of carbonyl (C=O) groups is 2. The zero-order valence-corrected chi connectivity index (χ0v) is 16.3. The third kappa shape index (κ3) is 2.33. The maximum Gasteiger partial charge on any atom is 0.233 e. The summed E-state index contributed by atoms with van der Waals surface area (Å²) in [6, 6.07) is 0. The SMILES string of the molecule is CO[C@H]1C=C(S(=O)C[C@]23CC[C@H](C[C@H]2O)C3(C)C)C[C@H]2C(=O)NC(=O)[C@@H]12. The van der Waals surface area contributed by atoms with Gasteiger partial charge in [-0.2, -0.15) is 0 Å². The summed E-state index contributed by atoms with van der Waals surface area (Å²) in [6.07, 6.45) is 3.89. The lowest BCUT2D eigenvalue weighted by Crippen LogP contribution is -2.44. The highest BCUT2D eigenvalue weighted by molar-refractivity contribution is 7.89. The van der Waals surface area contributed by atoms with Gasteiger partial charge in [0.25, 0.3) is 0 Å². The van der Waals surface area contributed by atoms with Gasteiger partial charge in [0.2, 0.25) is 11.8 Å². The molecule has 1 unspecified atom stereocenters. The number of rotatable bonds is 4. The molecule has 3 fully saturated rings. The van der Waals surface area contributed by atoms with Gasteiger partial charge in [0.05, 0.1) is 24.0 Å². The number of carbonyl (C=O) groups excluding carboxylic acids is 2. The van der Waals surface area contributed by atoms with Crippen molar-refractivity contribution in [3.05, 3.63) is 11.0 Å². The Balaban J connectivity index is 1.60. The van der Waals surface area contributed by atoms with Gasteiger partial charge in [-0.25, -0.2) is 0 Å². The van der Waals surface area contributed by atoms with Crippen molar-refractivity contribution in [2.24, 2.45) is 28.6 Å². The molecule has 0 aromatic rings. The molecule has 2 saturated carbocycles. The molecule has 0 aromatic carbocycles. The third-order valence-electron chi connectivity index (χ3n) is 7.79. The number of aliphatic hydroxyl groups excluding tert-OH is 1. The largest absolute Gasteiger partial charge is 0.392 e. The lowest BCUT2D eigenvalue weighted by molar-refractivity contribution is -0.127. The first-order valence-corrected chi connectivity index (χ1v) is 10.7. The summed E-state index contributed by atoms with van der Waals surface area (Å²) in [5.41, 5.74) is -0.377. The van der Waals surface area contributed by atoms with Crippen molar-refractivity contribution in [3.63, 3.8) is 0 Å². The van der Waals surface area contributed by atoms with E-state index >= 15 is 0 Å². The van der Waals surface area contributed by atoms with Crippen LogP contribution >= 0.6 is 0 Å². The van der Waals surface area contributed by atoms with E-state index in [1.807, 2.05) is 0 Å². The minimum Gasteiger partial charge on any atom is -0.392 e. The van der Waals surface area contributed by atoms with Gasteiger partial charge in [0.1, 0.15) is 0 Å². The number of hydrogen-bond acceptors (Lipinski definition) is 5. The molecule has 0 aromatic heterocycles. The number of amides is 2. The Bertz CT molecular complexity index is 717. The summed E-state index contributed by atoms with van der Waals surface area (Å²) >= 11 is 0. The van der Waals surface area contributed by atoms with Crippen LogP contribution in [0.15, 0.2) is 11.0 Å². The molecule has 4 aliphatic rings. The first-order valence-electron chi connectivity index (χ1n) is 9.36. The molecule has 1 aliphatic heterocycles. The van der Waals surface area contributed by atoms with Crippen molar-refractivity contribution < 1.29 is 23.6 Å². The second-order valence-electron chi connectivity index (χ2n) is 8.88. The molecular formula is C19H27NO5S. The number of hydrogen-bond donors (Lipinski definition) is 2. The number of fused-ring (bicyclic) bond motifs is 3. The number of imide groups is 1. The normalized spacial score (nSPS) is 44.6. The Morgan fingerprint density at radius 3 is 2.65 bits per heavy atom. The van der Waals surface area contributed by atoms with E-state index in [1.54, 1.807) is 6.08 Å². The number of nitrogens with one attached hydrogen (secondary N) is 1. The molecule has 4 rings (SSSR count). The van der Waals surface area contributed by atoms with Gasteiger partial charge in [-0.3, -0.25) is 19.1 Å². The fourth-order valence-electron chi connectivity index (χ4n) is 5.90. The van der Waals surface area contributed by atoms with E-state index in [0.717, 1.165) is 19.3 Å². The number of allylic oxidation sites excluding steroid dienone is 1. The van der Waals surface area contributed by atoms with Crippen LogP contribution in [0.2, 0.25) is 0 Å². The maximum atomic E-state index is 13.3. The third-order valence-corrected chi connectivity index (χ3v) is 9.45. The van der Waals surface area contributed by atoms with Crippen LogP contribution in [0.5, 0.6) is 0 Å². The van der Waals surface area contributed by atoms with Gasteiger partial charge in [0, 0.05) is 34.0 Å². The predicted octanol–water partition coefficient (Wildman–Crippen LogP) is 1.11. The minimum absolute atomic E-state index is 0.0405.